The Bertz CT molecular complexity index is 867. The Morgan fingerprint density at radius 3 is 2.88 bits per heavy atom. The van der Waals surface area contributed by atoms with E-state index in [1.165, 1.54) is 12.1 Å². The second kappa shape index (κ2) is 11.8. The first-order valence-corrected chi connectivity index (χ1v) is 11.4. The normalized spacial score (nSPS) is 15.6. The van der Waals surface area contributed by atoms with Crippen molar-refractivity contribution in [2.45, 2.75) is 58.4 Å². The molecule has 2 aromatic rings. The molecule has 1 fully saturated rings. The Kier molecular flexibility index (Phi) is 8.84. The molecule has 1 aromatic carbocycles. The van der Waals surface area contributed by atoms with Crippen LogP contribution in [0.3, 0.4) is 0 Å². The van der Waals surface area contributed by atoms with Crippen molar-refractivity contribution in [2.24, 2.45) is 5.92 Å². The van der Waals surface area contributed by atoms with Crippen LogP contribution in [0.25, 0.3) is 0 Å². The lowest BCUT2D eigenvalue weighted by Crippen LogP contribution is -2.35. The third kappa shape index (κ3) is 6.66. The van der Waals surface area contributed by atoms with E-state index < -0.39 is 17.8 Å². The van der Waals surface area contributed by atoms with Crippen LogP contribution in [0.1, 0.15) is 62.2 Å². The van der Waals surface area contributed by atoms with Crippen LogP contribution in [0, 0.1) is 11.7 Å². The van der Waals surface area contributed by atoms with E-state index in [-0.39, 0.29) is 12.2 Å². The van der Waals surface area contributed by atoms with E-state index in [4.69, 9.17) is 14.4 Å². The van der Waals surface area contributed by atoms with Crippen LogP contribution in [0.15, 0.2) is 22.7 Å². The monoisotopic (exact) mass is 448 g/mol. The molecule has 0 aliphatic carbocycles. The SMILES string of the molecule is CCCc1nc(N2CCC(CCCOc3ccc(C(=O)N[C@H](C)CO)c(F)c3)CC2)no1. The Balaban J connectivity index is 1.36. The molecule has 176 valence electrons. The van der Waals surface area contributed by atoms with Gasteiger partial charge >= 0.3 is 0 Å². The first kappa shape index (κ1) is 24.0. The van der Waals surface area contributed by atoms with Crippen LogP contribution in [-0.2, 0) is 6.42 Å². The van der Waals surface area contributed by atoms with Gasteiger partial charge in [-0.3, -0.25) is 4.79 Å². The van der Waals surface area contributed by atoms with Crippen LogP contribution in [0.2, 0.25) is 0 Å². The number of ether oxygens (including phenoxy) is 1. The number of amides is 1. The number of hydrogen-bond acceptors (Lipinski definition) is 7. The summed E-state index contributed by atoms with van der Waals surface area (Å²) in [5.74, 6) is 1.23. The molecule has 0 saturated carbocycles. The summed E-state index contributed by atoms with van der Waals surface area (Å²) in [5.41, 5.74) is -0.0622. The maximum Gasteiger partial charge on any atom is 0.266 e. The molecule has 8 nitrogen and oxygen atoms in total. The smallest absolute Gasteiger partial charge is 0.266 e. The number of nitrogens with one attached hydrogen (secondary N) is 1. The van der Waals surface area contributed by atoms with Gasteiger partial charge in [0.05, 0.1) is 18.8 Å². The summed E-state index contributed by atoms with van der Waals surface area (Å²) in [6.07, 6.45) is 5.87. The van der Waals surface area contributed by atoms with Gasteiger partial charge in [-0.25, -0.2) is 4.39 Å². The summed E-state index contributed by atoms with van der Waals surface area (Å²) in [6, 6.07) is 3.80. The van der Waals surface area contributed by atoms with E-state index in [2.05, 4.69) is 27.3 Å². The molecule has 1 amide bonds. The lowest BCUT2D eigenvalue weighted by Gasteiger charge is -2.30. The molecule has 1 atom stereocenters. The maximum atomic E-state index is 14.3. The van der Waals surface area contributed by atoms with Crippen LogP contribution in [0.4, 0.5) is 10.3 Å². The van der Waals surface area contributed by atoms with Gasteiger partial charge in [0.25, 0.3) is 11.9 Å². The highest BCUT2D eigenvalue weighted by molar-refractivity contribution is 5.94. The summed E-state index contributed by atoms with van der Waals surface area (Å²) in [4.78, 5) is 18.6. The maximum absolute atomic E-state index is 14.3. The molecule has 0 spiro atoms. The number of aromatic nitrogens is 2. The minimum absolute atomic E-state index is 0.0622. The van der Waals surface area contributed by atoms with E-state index >= 15 is 0 Å². The second-order valence-corrected chi connectivity index (χ2v) is 8.36. The largest absolute Gasteiger partial charge is 0.493 e. The fraction of sp³-hybridized carbons (Fsp3) is 0.609. The van der Waals surface area contributed by atoms with Gasteiger partial charge in [0.1, 0.15) is 11.6 Å². The van der Waals surface area contributed by atoms with Crippen LogP contribution in [-0.4, -0.2) is 53.5 Å². The van der Waals surface area contributed by atoms with Crippen LogP contribution >= 0.6 is 0 Å². The third-order valence-corrected chi connectivity index (χ3v) is 5.68. The number of anilines is 1. The van der Waals surface area contributed by atoms with Crippen molar-refractivity contribution in [3.8, 4) is 5.75 Å². The van der Waals surface area contributed by atoms with E-state index in [1.54, 1.807) is 13.0 Å². The Labute approximate surface area is 188 Å². The standard InChI is InChI=1S/C23H33FN4O4/c1-3-5-21-26-23(27-32-21)28-11-9-17(10-12-28)6-4-13-31-18-7-8-19(20(24)14-18)22(30)25-16(2)15-29/h7-8,14,16-17,29H,3-6,9-13,15H2,1-2H3,(H,25,30)/t16-/m1/s1. The number of benzene rings is 1. The Morgan fingerprint density at radius 1 is 1.41 bits per heavy atom. The molecule has 2 heterocycles. The molecule has 0 bridgehead atoms. The van der Waals surface area contributed by atoms with Gasteiger partial charge < -0.3 is 24.6 Å². The molecular formula is C23H33FN4O4. The first-order valence-electron chi connectivity index (χ1n) is 11.4. The molecule has 1 aromatic heterocycles. The van der Waals surface area contributed by atoms with Crippen molar-refractivity contribution in [1.29, 1.82) is 0 Å². The van der Waals surface area contributed by atoms with Gasteiger partial charge in [-0.15, -0.1) is 0 Å². The van der Waals surface area contributed by atoms with Gasteiger partial charge in [0, 0.05) is 31.6 Å². The van der Waals surface area contributed by atoms with Crippen LogP contribution < -0.4 is 15.0 Å². The summed E-state index contributed by atoms with van der Waals surface area (Å²) in [7, 11) is 0. The average molecular weight is 449 g/mol. The fourth-order valence-electron chi connectivity index (χ4n) is 3.79. The molecule has 2 N–H and O–H groups in total. The molecule has 1 saturated heterocycles. The molecule has 32 heavy (non-hydrogen) atoms. The minimum Gasteiger partial charge on any atom is -0.493 e. The number of rotatable bonds is 11. The van der Waals surface area contributed by atoms with Crippen molar-refractivity contribution in [3.63, 3.8) is 0 Å². The van der Waals surface area contributed by atoms with Crippen molar-refractivity contribution in [3.05, 3.63) is 35.5 Å². The van der Waals surface area contributed by atoms with Gasteiger partial charge in [-0.2, -0.15) is 4.98 Å². The van der Waals surface area contributed by atoms with Crippen molar-refractivity contribution < 1.29 is 23.6 Å². The lowest BCUT2D eigenvalue weighted by atomic mass is 9.92. The zero-order chi connectivity index (χ0) is 22.9. The highest BCUT2D eigenvalue weighted by Gasteiger charge is 2.22. The second-order valence-electron chi connectivity index (χ2n) is 8.36. The van der Waals surface area contributed by atoms with Gasteiger partial charge in [0.15, 0.2) is 0 Å². The highest BCUT2D eigenvalue weighted by Crippen LogP contribution is 2.25. The number of piperidine rings is 1. The Hall–Kier alpha value is -2.68. The zero-order valence-electron chi connectivity index (χ0n) is 18.8. The molecule has 0 radical (unpaired) electrons. The average Bonchev–Trinajstić information content (AvgIpc) is 3.26. The summed E-state index contributed by atoms with van der Waals surface area (Å²) in [6.45, 7) is 5.86. The molecular weight excluding hydrogens is 415 g/mol. The quantitative estimate of drug-likeness (QED) is 0.509. The van der Waals surface area contributed by atoms with Gasteiger partial charge in [-0.1, -0.05) is 6.92 Å². The van der Waals surface area contributed by atoms with E-state index in [9.17, 15) is 9.18 Å². The van der Waals surface area contributed by atoms with Gasteiger partial charge in [-0.05, 0) is 62.2 Å². The number of halogens is 1. The minimum atomic E-state index is -0.638. The topological polar surface area (TPSA) is 101 Å². The number of carbonyl (C=O) groups excluding carboxylic acids is 1. The molecule has 1 aliphatic rings. The molecule has 1 aliphatic heterocycles. The fourth-order valence-corrected chi connectivity index (χ4v) is 3.79. The van der Waals surface area contributed by atoms with Crippen molar-refractivity contribution in [1.82, 2.24) is 15.5 Å². The Morgan fingerprint density at radius 2 is 2.19 bits per heavy atom. The highest BCUT2D eigenvalue weighted by atomic mass is 19.1. The van der Waals surface area contributed by atoms with E-state index in [1.807, 2.05) is 0 Å². The van der Waals surface area contributed by atoms with Crippen molar-refractivity contribution in [2.75, 3.05) is 31.2 Å². The summed E-state index contributed by atoms with van der Waals surface area (Å²) < 4.78 is 25.2. The number of aliphatic hydroxyl groups is 1. The molecule has 0 unspecified atom stereocenters. The number of aliphatic hydroxyl groups excluding tert-OH is 1. The zero-order valence-corrected chi connectivity index (χ0v) is 18.8. The predicted octanol–water partition coefficient (Wildman–Crippen LogP) is 3.35. The van der Waals surface area contributed by atoms with Crippen molar-refractivity contribution >= 4 is 11.9 Å². The summed E-state index contributed by atoms with van der Waals surface area (Å²) in [5, 5.41) is 15.6. The lowest BCUT2D eigenvalue weighted by molar-refractivity contribution is 0.0918. The van der Waals surface area contributed by atoms with E-state index in [0.29, 0.717) is 30.1 Å². The number of hydrogen-bond donors (Lipinski definition) is 2. The predicted molar refractivity (Wildman–Crippen MR) is 118 cm³/mol. The van der Waals surface area contributed by atoms with E-state index in [0.717, 1.165) is 51.6 Å². The molecule has 9 heteroatoms. The first-order chi connectivity index (χ1) is 15.5. The van der Waals surface area contributed by atoms with Gasteiger partial charge in [0.2, 0.25) is 5.89 Å². The number of carbonyl (C=O) groups is 1. The third-order valence-electron chi connectivity index (χ3n) is 5.68. The number of nitrogens with zero attached hydrogens (tertiary/aromatic N) is 3. The number of aryl methyl sites for hydroxylation is 1. The van der Waals surface area contributed by atoms with Crippen LogP contribution in [0.5, 0.6) is 5.75 Å². The molecule has 3 rings (SSSR count). The summed E-state index contributed by atoms with van der Waals surface area (Å²) >= 11 is 0.